The smallest absolute Gasteiger partial charge is 0.104 e. The number of thiazole rings is 1. The van der Waals surface area contributed by atoms with E-state index in [-0.39, 0.29) is 6.61 Å². The first-order valence-electron chi connectivity index (χ1n) is 5.95. The Morgan fingerprint density at radius 2 is 2.21 bits per heavy atom. The fourth-order valence-corrected chi connectivity index (χ4v) is 3.30. The fraction of sp³-hybridized carbons (Fsp3) is 0.357. The van der Waals surface area contributed by atoms with Crippen LogP contribution in [0.3, 0.4) is 0 Å². The number of aliphatic hydroxyl groups excluding tert-OH is 1. The number of nitrogens with zero attached hydrogens (tertiary/aromatic N) is 2. The van der Waals surface area contributed by atoms with Crippen molar-refractivity contribution in [2.75, 3.05) is 13.7 Å². The molecule has 2 aromatic heterocycles. The van der Waals surface area contributed by atoms with Crippen molar-refractivity contribution in [2.24, 2.45) is 0 Å². The van der Waals surface area contributed by atoms with E-state index in [1.54, 1.807) is 22.7 Å². The zero-order valence-electron chi connectivity index (χ0n) is 11.0. The Kier molecular flexibility index (Phi) is 5.11. The minimum atomic E-state index is -0.0870. The molecule has 100 valence electrons. The van der Waals surface area contributed by atoms with Gasteiger partial charge in [-0.05, 0) is 26.1 Å². The van der Waals surface area contributed by atoms with Crippen molar-refractivity contribution < 1.29 is 5.11 Å². The first kappa shape index (κ1) is 14.2. The molecule has 0 aliphatic heterocycles. The lowest BCUT2D eigenvalue weighted by Gasteiger charge is -2.13. The highest BCUT2D eigenvalue weighted by molar-refractivity contribution is 7.12. The summed E-state index contributed by atoms with van der Waals surface area (Å²) in [6, 6.07) is 4.10. The van der Waals surface area contributed by atoms with Gasteiger partial charge < -0.3 is 5.11 Å². The maximum atomic E-state index is 8.66. The first-order chi connectivity index (χ1) is 9.17. The molecule has 0 spiro atoms. The third-order valence-electron chi connectivity index (χ3n) is 2.48. The molecule has 2 aromatic rings. The van der Waals surface area contributed by atoms with Crippen LogP contribution in [0.2, 0.25) is 0 Å². The van der Waals surface area contributed by atoms with Gasteiger partial charge in [0.05, 0.1) is 15.6 Å². The summed E-state index contributed by atoms with van der Waals surface area (Å²) in [5.41, 5.74) is 1.13. The van der Waals surface area contributed by atoms with Crippen LogP contribution in [-0.2, 0) is 13.1 Å². The lowest BCUT2D eigenvalue weighted by Crippen LogP contribution is -2.16. The third kappa shape index (κ3) is 4.44. The van der Waals surface area contributed by atoms with Gasteiger partial charge in [0.1, 0.15) is 6.61 Å². The van der Waals surface area contributed by atoms with Crippen LogP contribution in [0.25, 0.3) is 0 Å². The Hall–Kier alpha value is -1.19. The fourth-order valence-electron chi connectivity index (χ4n) is 1.74. The van der Waals surface area contributed by atoms with E-state index in [0.29, 0.717) is 0 Å². The Morgan fingerprint density at radius 3 is 2.89 bits per heavy atom. The zero-order valence-corrected chi connectivity index (χ0v) is 12.6. The van der Waals surface area contributed by atoms with E-state index in [1.165, 1.54) is 4.88 Å². The van der Waals surface area contributed by atoms with E-state index in [2.05, 4.69) is 40.2 Å². The quantitative estimate of drug-likeness (QED) is 0.880. The summed E-state index contributed by atoms with van der Waals surface area (Å²) >= 11 is 3.36. The second-order valence-electron chi connectivity index (χ2n) is 4.26. The molecule has 0 amide bonds. The van der Waals surface area contributed by atoms with Gasteiger partial charge in [0.2, 0.25) is 0 Å². The highest BCUT2D eigenvalue weighted by Crippen LogP contribution is 2.18. The van der Waals surface area contributed by atoms with Crippen LogP contribution in [0.5, 0.6) is 0 Å². The monoisotopic (exact) mass is 292 g/mol. The molecule has 1 N–H and O–H groups in total. The number of aromatic nitrogens is 1. The molecule has 0 atom stereocenters. The van der Waals surface area contributed by atoms with Crippen molar-refractivity contribution >= 4 is 22.7 Å². The topological polar surface area (TPSA) is 36.4 Å². The molecule has 3 nitrogen and oxygen atoms in total. The molecule has 0 radical (unpaired) electrons. The Bertz CT molecular complexity index is 592. The number of aliphatic hydroxyl groups is 1. The Labute approximate surface area is 121 Å². The first-order valence-corrected chi connectivity index (χ1v) is 7.65. The van der Waals surface area contributed by atoms with Crippen molar-refractivity contribution in [3.05, 3.63) is 38.0 Å². The van der Waals surface area contributed by atoms with Crippen molar-refractivity contribution in [1.29, 1.82) is 0 Å². The molecule has 5 heteroatoms. The van der Waals surface area contributed by atoms with E-state index >= 15 is 0 Å². The minimum absolute atomic E-state index is 0.0870. The number of hydrogen-bond acceptors (Lipinski definition) is 5. The average molecular weight is 292 g/mol. The molecule has 19 heavy (non-hydrogen) atoms. The number of rotatable bonds is 4. The molecule has 0 aliphatic carbocycles. The van der Waals surface area contributed by atoms with Gasteiger partial charge in [0, 0.05) is 23.3 Å². The number of thiophene rings is 1. The summed E-state index contributed by atoms with van der Waals surface area (Å²) in [6.45, 7) is 3.69. The predicted octanol–water partition coefficient (Wildman–Crippen LogP) is 2.49. The lowest BCUT2D eigenvalue weighted by atomic mass is 10.3. The molecule has 0 saturated carbocycles. The second-order valence-corrected chi connectivity index (χ2v) is 6.49. The van der Waals surface area contributed by atoms with E-state index < -0.39 is 0 Å². The third-order valence-corrected chi connectivity index (χ3v) is 4.28. The summed E-state index contributed by atoms with van der Waals surface area (Å²) in [5.74, 6) is 5.60. The van der Waals surface area contributed by atoms with Gasteiger partial charge in [-0.1, -0.05) is 11.8 Å². The molecule has 0 saturated heterocycles. The van der Waals surface area contributed by atoms with Crippen LogP contribution in [0.1, 0.15) is 20.5 Å². The molecule has 2 heterocycles. The second kappa shape index (κ2) is 6.83. The van der Waals surface area contributed by atoms with Crippen molar-refractivity contribution in [1.82, 2.24) is 9.88 Å². The van der Waals surface area contributed by atoms with Gasteiger partial charge in [-0.25, -0.2) is 4.98 Å². The summed E-state index contributed by atoms with van der Waals surface area (Å²) in [5, 5.41) is 11.9. The van der Waals surface area contributed by atoms with Crippen LogP contribution >= 0.6 is 22.7 Å². The van der Waals surface area contributed by atoms with E-state index in [1.807, 2.05) is 13.0 Å². The SMILES string of the molecule is Cc1nc(CN(C)Cc2ccc(C#CCO)s2)cs1. The van der Waals surface area contributed by atoms with Gasteiger partial charge in [-0.15, -0.1) is 22.7 Å². The van der Waals surface area contributed by atoms with Gasteiger partial charge in [-0.2, -0.15) is 0 Å². The largest absolute Gasteiger partial charge is 0.384 e. The summed E-state index contributed by atoms with van der Waals surface area (Å²) in [7, 11) is 2.09. The highest BCUT2D eigenvalue weighted by atomic mass is 32.1. The maximum absolute atomic E-state index is 8.66. The average Bonchev–Trinajstić information content (AvgIpc) is 2.96. The van der Waals surface area contributed by atoms with Gasteiger partial charge in [-0.3, -0.25) is 4.90 Å². The molecular formula is C14H16N2OS2. The zero-order chi connectivity index (χ0) is 13.7. The normalized spacial score (nSPS) is 10.5. The summed E-state index contributed by atoms with van der Waals surface area (Å²) in [6.07, 6.45) is 0. The van der Waals surface area contributed by atoms with Gasteiger partial charge in [0.25, 0.3) is 0 Å². The van der Waals surface area contributed by atoms with Crippen LogP contribution in [0.4, 0.5) is 0 Å². The van der Waals surface area contributed by atoms with Crippen molar-refractivity contribution in [3.8, 4) is 11.8 Å². The van der Waals surface area contributed by atoms with Crippen LogP contribution in [0, 0.1) is 18.8 Å². The summed E-state index contributed by atoms with van der Waals surface area (Å²) < 4.78 is 0. The van der Waals surface area contributed by atoms with E-state index in [0.717, 1.165) is 28.7 Å². The minimum Gasteiger partial charge on any atom is -0.384 e. The number of aryl methyl sites for hydroxylation is 1. The summed E-state index contributed by atoms with van der Waals surface area (Å²) in [4.78, 5) is 8.98. The Balaban J connectivity index is 1.91. The molecule has 0 fully saturated rings. The molecule has 0 unspecified atom stereocenters. The van der Waals surface area contributed by atoms with Crippen LogP contribution < -0.4 is 0 Å². The standard InChI is InChI=1S/C14H16N2OS2/c1-11-15-12(10-18-11)8-16(2)9-14-6-5-13(19-14)4-3-7-17/h5-6,10,17H,7-9H2,1-2H3. The molecule has 0 aliphatic rings. The van der Waals surface area contributed by atoms with Gasteiger partial charge >= 0.3 is 0 Å². The highest BCUT2D eigenvalue weighted by Gasteiger charge is 2.06. The van der Waals surface area contributed by atoms with E-state index in [9.17, 15) is 0 Å². The lowest BCUT2D eigenvalue weighted by molar-refractivity contribution is 0.318. The van der Waals surface area contributed by atoms with Crippen LogP contribution in [-0.4, -0.2) is 28.6 Å². The molecule has 0 bridgehead atoms. The predicted molar refractivity (Wildman–Crippen MR) is 80.3 cm³/mol. The van der Waals surface area contributed by atoms with Gasteiger partial charge in [0.15, 0.2) is 0 Å². The van der Waals surface area contributed by atoms with Crippen molar-refractivity contribution in [2.45, 2.75) is 20.0 Å². The van der Waals surface area contributed by atoms with Crippen molar-refractivity contribution in [3.63, 3.8) is 0 Å². The molecular weight excluding hydrogens is 276 g/mol. The number of hydrogen-bond donors (Lipinski definition) is 1. The Morgan fingerprint density at radius 1 is 1.37 bits per heavy atom. The molecule has 0 aromatic carbocycles. The van der Waals surface area contributed by atoms with E-state index in [4.69, 9.17) is 5.11 Å². The molecule has 2 rings (SSSR count). The van der Waals surface area contributed by atoms with Crippen LogP contribution in [0.15, 0.2) is 17.5 Å². The maximum Gasteiger partial charge on any atom is 0.104 e.